The number of rotatable bonds is 51. The van der Waals surface area contributed by atoms with Gasteiger partial charge in [0.15, 0.2) is 0 Å². The van der Waals surface area contributed by atoms with Crippen molar-refractivity contribution in [2.45, 2.75) is 283 Å². The first-order valence-electron chi connectivity index (χ1n) is 29.1. The zero-order chi connectivity index (χ0) is 50.2. The van der Waals surface area contributed by atoms with Gasteiger partial charge in [0.25, 0.3) is 0 Å². The van der Waals surface area contributed by atoms with E-state index in [1.165, 1.54) is 122 Å². The molecular weight excluding hydrogens is 851 g/mol. The summed E-state index contributed by atoms with van der Waals surface area (Å²) in [4.78, 5) is 26.3. The van der Waals surface area contributed by atoms with Gasteiger partial charge in [-0.1, -0.05) is 272 Å². The average Bonchev–Trinajstić information content (AvgIpc) is 3.34. The van der Waals surface area contributed by atoms with Crippen LogP contribution in [0, 0.1) is 0 Å². The van der Waals surface area contributed by atoms with Crippen LogP contribution in [0.3, 0.4) is 0 Å². The first-order chi connectivity index (χ1) is 34.0. The Labute approximate surface area is 426 Å². The molecule has 0 saturated carbocycles. The van der Waals surface area contributed by atoms with Crippen LogP contribution in [-0.2, 0) is 14.3 Å². The molecule has 0 fully saturated rings. The molecule has 6 heteroatoms. The van der Waals surface area contributed by atoms with Gasteiger partial charge < -0.3 is 20.3 Å². The molecule has 3 N–H and O–H groups in total. The van der Waals surface area contributed by atoms with Crippen LogP contribution in [0.25, 0.3) is 0 Å². The van der Waals surface area contributed by atoms with E-state index in [4.69, 9.17) is 4.74 Å². The van der Waals surface area contributed by atoms with E-state index in [-0.39, 0.29) is 24.9 Å². The molecule has 396 valence electrons. The van der Waals surface area contributed by atoms with Gasteiger partial charge in [-0.05, 0) is 77.0 Å². The highest BCUT2D eigenvalue weighted by atomic mass is 16.5. The highest BCUT2D eigenvalue weighted by Gasteiger charge is 2.24. The molecule has 0 heterocycles. The van der Waals surface area contributed by atoms with Gasteiger partial charge in [-0.3, -0.25) is 9.59 Å². The van der Waals surface area contributed by atoms with Gasteiger partial charge in [-0.2, -0.15) is 0 Å². The van der Waals surface area contributed by atoms with Crippen molar-refractivity contribution in [2.24, 2.45) is 0 Å². The molecule has 0 aliphatic heterocycles. The van der Waals surface area contributed by atoms with Crippen molar-refractivity contribution >= 4 is 11.9 Å². The van der Waals surface area contributed by atoms with Crippen LogP contribution in [0.4, 0.5) is 0 Å². The third-order valence-electron chi connectivity index (χ3n) is 12.8. The van der Waals surface area contributed by atoms with Crippen molar-refractivity contribution in [1.82, 2.24) is 5.32 Å². The van der Waals surface area contributed by atoms with Crippen LogP contribution in [0.1, 0.15) is 265 Å². The van der Waals surface area contributed by atoms with E-state index in [9.17, 15) is 19.8 Å². The van der Waals surface area contributed by atoms with Gasteiger partial charge in [-0.25, -0.2) is 0 Å². The van der Waals surface area contributed by atoms with Gasteiger partial charge in [0.2, 0.25) is 5.91 Å². The number of amides is 1. The maximum Gasteiger partial charge on any atom is 0.306 e. The third kappa shape index (κ3) is 51.0. The van der Waals surface area contributed by atoms with Crippen molar-refractivity contribution in [3.05, 3.63) is 97.2 Å². The van der Waals surface area contributed by atoms with Crippen molar-refractivity contribution < 1.29 is 24.5 Å². The fourth-order valence-corrected chi connectivity index (χ4v) is 8.40. The topological polar surface area (TPSA) is 95.9 Å². The second-order valence-corrected chi connectivity index (χ2v) is 19.5. The number of carbonyl (C=O) groups excluding carboxylic acids is 2. The summed E-state index contributed by atoms with van der Waals surface area (Å²) < 4.78 is 5.93. The van der Waals surface area contributed by atoms with E-state index in [0.717, 1.165) is 96.3 Å². The van der Waals surface area contributed by atoms with E-state index in [1.807, 2.05) is 6.08 Å². The quantitative estimate of drug-likeness (QED) is 0.0321. The van der Waals surface area contributed by atoms with Crippen LogP contribution >= 0.6 is 0 Å². The molecule has 0 aromatic carbocycles. The molecular formula is C63H109NO5. The first-order valence-corrected chi connectivity index (χ1v) is 29.1. The number of nitrogens with one attached hydrogen (secondary N) is 1. The number of hydrogen-bond acceptors (Lipinski definition) is 5. The van der Waals surface area contributed by atoms with Gasteiger partial charge in [0.05, 0.1) is 25.2 Å². The zero-order valence-corrected chi connectivity index (χ0v) is 45.2. The maximum atomic E-state index is 13.3. The number of ether oxygens (including phenoxy) is 1. The predicted octanol–water partition coefficient (Wildman–Crippen LogP) is 18.1. The van der Waals surface area contributed by atoms with E-state index >= 15 is 0 Å². The Bertz CT molecular complexity index is 1350. The molecule has 0 aromatic heterocycles. The minimum Gasteiger partial charge on any atom is -0.462 e. The highest BCUT2D eigenvalue weighted by Crippen LogP contribution is 2.18. The Balaban J connectivity index is 4.70. The summed E-state index contributed by atoms with van der Waals surface area (Å²) in [5.74, 6) is -0.540. The zero-order valence-electron chi connectivity index (χ0n) is 45.2. The number of unbranched alkanes of at least 4 members (excludes halogenated alkanes) is 29. The van der Waals surface area contributed by atoms with E-state index < -0.39 is 18.2 Å². The Morgan fingerprint density at radius 1 is 0.420 bits per heavy atom. The fraction of sp³-hybridized carbons (Fsp3) is 0.714. The van der Waals surface area contributed by atoms with Crippen LogP contribution in [0.2, 0.25) is 0 Å². The molecule has 0 radical (unpaired) electrons. The fourth-order valence-electron chi connectivity index (χ4n) is 8.40. The van der Waals surface area contributed by atoms with Crippen molar-refractivity contribution in [3.63, 3.8) is 0 Å². The molecule has 1 amide bonds. The highest BCUT2D eigenvalue weighted by molar-refractivity contribution is 5.77. The first kappa shape index (κ1) is 65.8. The van der Waals surface area contributed by atoms with Crippen molar-refractivity contribution in [2.75, 3.05) is 6.61 Å². The van der Waals surface area contributed by atoms with E-state index in [2.05, 4.69) is 117 Å². The normalized spacial score (nSPS) is 13.9. The summed E-state index contributed by atoms with van der Waals surface area (Å²) in [6, 6.07) is -0.727. The number of esters is 1. The Morgan fingerprint density at radius 3 is 1.16 bits per heavy atom. The minimum atomic E-state index is -0.810. The maximum absolute atomic E-state index is 13.3. The molecule has 0 aliphatic carbocycles. The van der Waals surface area contributed by atoms with E-state index in [0.29, 0.717) is 19.3 Å². The summed E-state index contributed by atoms with van der Waals surface area (Å²) >= 11 is 0. The summed E-state index contributed by atoms with van der Waals surface area (Å²) in [5.41, 5.74) is 0. The second kappa shape index (κ2) is 55.7. The molecule has 69 heavy (non-hydrogen) atoms. The number of aliphatic hydroxyl groups is 2. The predicted molar refractivity (Wildman–Crippen MR) is 300 cm³/mol. The van der Waals surface area contributed by atoms with Gasteiger partial charge in [0.1, 0.15) is 6.10 Å². The molecule has 0 aliphatic rings. The average molecular weight is 961 g/mol. The lowest BCUT2D eigenvalue weighted by atomic mass is 10.0. The lowest BCUT2D eigenvalue weighted by molar-refractivity contribution is -0.151. The smallest absolute Gasteiger partial charge is 0.306 e. The standard InChI is InChI=1S/C63H109NO5/c1-4-7-10-13-16-19-22-25-28-31-32-35-38-41-44-47-50-53-56-63(68)69-59(54-51-48-45-42-39-36-33-29-26-23-20-17-14-11-8-5-2)57-62(67)64-60(58-65)61(66)55-52-49-46-43-40-37-34-30-27-24-21-18-15-12-9-6-3/h16-17,19-20,22-23,25-26,28-29,31-33,35-36,39,59-61,65-66H,4-15,18,21,24,27,30,34,37-38,40-58H2,1-3H3,(H,64,67)/b19-16+,20-17+,25-22+,26-23+,31-28+,33-29+,35-32+,39-36+. The third-order valence-corrected chi connectivity index (χ3v) is 12.8. The van der Waals surface area contributed by atoms with Crippen LogP contribution in [-0.4, -0.2) is 46.9 Å². The summed E-state index contributed by atoms with van der Waals surface area (Å²) in [5, 5.41) is 23.9. The SMILES string of the molecule is CCCCC/C=C/C=C/C=C/C=C/CCCCCCCC(=O)OC(CCCCC/C=C/C=C/C=C/C=C/CCCCC)CC(=O)NC(CO)C(O)CCCCCCCCCCCCCCCCCC. The van der Waals surface area contributed by atoms with Crippen molar-refractivity contribution in [3.8, 4) is 0 Å². The van der Waals surface area contributed by atoms with Crippen molar-refractivity contribution in [1.29, 1.82) is 0 Å². The minimum absolute atomic E-state index is 0.0370. The number of allylic oxidation sites excluding steroid dienone is 16. The Hall–Kier alpha value is -3.22. The lowest BCUT2D eigenvalue weighted by Gasteiger charge is -2.24. The van der Waals surface area contributed by atoms with Crippen LogP contribution in [0.15, 0.2) is 97.2 Å². The molecule has 3 atom stereocenters. The molecule has 0 spiro atoms. The largest absolute Gasteiger partial charge is 0.462 e. The van der Waals surface area contributed by atoms with Gasteiger partial charge in [-0.15, -0.1) is 0 Å². The number of hydrogen-bond donors (Lipinski definition) is 3. The van der Waals surface area contributed by atoms with Crippen LogP contribution in [0.5, 0.6) is 0 Å². The molecule has 6 nitrogen and oxygen atoms in total. The molecule has 0 aromatic rings. The second-order valence-electron chi connectivity index (χ2n) is 19.5. The van der Waals surface area contributed by atoms with Gasteiger partial charge >= 0.3 is 5.97 Å². The monoisotopic (exact) mass is 960 g/mol. The van der Waals surface area contributed by atoms with Gasteiger partial charge in [0, 0.05) is 6.42 Å². The van der Waals surface area contributed by atoms with E-state index in [1.54, 1.807) is 0 Å². The molecule has 0 rings (SSSR count). The number of aliphatic hydroxyl groups excluding tert-OH is 2. The van der Waals surface area contributed by atoms with Crippen LogP contribution < -0.4 is 5.32 Å². The Kier molecular flexibility index (Phi) is 53.1. The Morgan fingerprint density at radius 2 is 0.739 bits per heavy atom. The molecule has 3 unspecified atom stereocenters. The summed E-state index contributed by atoms with van der Waals surface area (Å²) in [6.45, 7) is 6.41. The molecule has 0 bridgehead atoms. The molecule has 0 saturated heterocycles. The lowest BCUT2D eigenvalue weighted by Crippen LogP contribution is -2.46. The summed E-state index contributed by atoms with van der Waals surface area (Å²) in [6.07, 6.45) is 74.6. The summed E-state index contributed by atoms with van der Waals surface area (Å²) in [7, 11) is 0. The number of carbonyl (C=O) groups is 2.